The van der Waals surface area contributed by atoms with Gasteiger partial charge in [0.2, 0.25) is 5.71 Å². The quantitative estimate of drug-likeness (QED) is 0.192. The number of hydrogen-bond donors (Lipinski definition) is 0. The molecule has 0 radical (unpaired) electrons. The molecule has 0 saturated carbocycles. The minimum absolute atomic E-state index is 0.506. The van der Waals surface area contributed by atoms with E-state index >= 15 is 0 Å². The average molecular weight is 584 g/mol. The third kappa shape index (κ3) is 2.81. The van der Waals surface area contributed by atoms with Gasteiger partial charge < -0.3 is 4.42 Å². The van der Waals surface area contributed by atoms with Gasteiger partial charge in [0, 0.05) is 22.5 Å². The van der Waals surface area contributed by atoms with Crippen LogP contribution in [0.2, 0.25) is 0 Å². The predicted octanol–water partition coefficient (Wildman–Crippen LogP) is 11.3. The first-order chi connectivity index (χ1) is 22.8. The summed E-state index contributed by atoms with van der Waals surface area (Å²) in [6, 6.07) is 53.5. The maximum Gasteiger partial charge on any atom is 0.227 e. The first-order valence-electron chi connectivity index (χ1n) is 15.9. The molecule has 0 bridgehead atoms. The number of hydrogen-bond acceptors (Lipinski definition) is 2. The van der Waals surface area contributed by atoms with Crippen molar-refractivity contribution in [3.63, 3.8) is 0 Å². The Morgan fingerprint density at radius 3 is 1.91 bits per heavy atom. The molecule has 0 fully saturated rings. The summed E-state index contributed by atoms with van der Waals surface area (Å²) in [5.41, 5.74) is 13.8. The van der Waals surface area contributed by atoms with E-state index in [0.29, 0.717) is 5.71 Å². The monoisotopic (exact) mass is 583 g/mol. The van der Waals surface area contributed by atoms with E-state index in [1.807, 2.05) is 12.3 Å². The van der Waals surface area contributed by atoms with Gasteiger partial charge in [0.15, 0.2) is 0 Å². The van der Waals surface area contributed by atoms with Crippen molar-refractivity contribution in [1.82, 2.24) is 4.98 Å². The van der Waals surface area contributed by atoms with Crippen molar-refractivity contribution in [3.8, 4) is 33.4 Å². The molecule has 2 aromatic heterocycles. The van der Waals surface area contributed by atoms with E-state index in [2.05, 4.69) is 140 Å². The minimum Gasteiger partial charge on any atom is -0.437 e. The lowest BCUT2D eigenvalue weighted by Crippen LogP contribution is -2.26. The second kappa shape index (κ2) is 8.59. The van der Waals surface area contributed by atoms with Gasteiger partial charge in [-0.15, -0.1) is 0 Å². The summed E-state index contributed by atoms with van der Waals surface area (Å²) in [5, 5.41) is 7.24. The maximum absolute atomic E-state index is 6.73. The topological polar surface area (TPSA) is 26.0 Å². The lowest BCUT2D eigenvalue weighted by Gasteiger charge is -2.31. The third-order valence-corrected chi connectivity index (χ3v) is 10.5. The van der Waals surface area contributed by atoms with Gasteiger partial charge in [0.05, 0.1) is 5.41 Å². The highest BCUT2D eigenvalue weighted by Crippen LogP contribution is 2.66. The van der Waals surface area contributed by atoms with E-state index < -0.39 is 5.41 Å². The summed E-state index contributed by atoms with van der Waals surface area (Å²) >= 11 is 0. The molecule has 7 aromatic carbocycles. The number of rotatable bonds is 1. The second-order valence-corrected chi connectivity index (χ2v) is 12.6. The zero-order chi connectivity index (χ0) is 30.0. The molecule has 1 atom stereocenters. The second-order valence-electron chi connectivity index (χ2n) is 12.6. The van der Waals surface area contributed by atoms with Gasteiger partial charge in [0.25, 0.3) is 0 Å². The third-order valence-electron chi connectivity index (χ3n) is 10.5. The highest BCUT2D eigenvalue weighted by atomic mass is 16.3. The molecule has 46 heavy (non-hydrogen) atoms. The maximum atomic E-state index is 6.73. The molecular formula is C44H25NO. The van der Waals surface area contributed by atoms with Crippen LogP contribution in [0.3, 0.4) is 0 Å². The Bertz CT molecular complexity index is 2750. The van der Waals surface area contributed by atoms with Crippen molar-refractivity contribution in [3.05, 3.63) is 174 Å². The molecule has 1 unspecified atom stereocenters. The van der Waals surface area contributed by atoms with Crippen molar-refractivity contribution in [1.29, 1.82) is 0 Å². The SMILES string of the molecule is c1ccc(-c2cc3c(c4c2oc2ncccc24)-c2c(ccc4ccccc24)C32c3ccccc3-c3c2ccc2ccccc32)cc1. The molecule has 2 heteroatoms. The Labute approximate surface area is 265 Å². The van der Waals surface area contributed by atoms with Crippen molar-refractivity contribution in [2.24, 2.45) is 0 Å². The van der Waals surface area contributed by atoms with Crippen molar-refractivity contribution in [2.45, 2.75) is 5.41 Å². The number of pyridine rings is 1. The summed E-state index contributed by atoms with van der Waals surface area (Å²) < 4.78 is 6.73. The van der Waals surface area contributed by atoms with Gasteiger partial charge >= 0.3 is 0 Å². The van der Waals surface area contributed by atoms with Crippen LogP contribution in [-0.2, 0) is 5.41 Å². The van der Waals surface area contributed by atoms with Gasteiger partial charge in [-0.2, -0.15) is 0 Å². The van der Waals surface area contributed by atoms with Crippen LogP contribution in [0.25, 0.3) is 77.0 Å². The van der Waals surface area contributed by atoms with Gasteiger partial charge in [-0.05, 0) is 89.8 Å². The molecule has 0 amide bonds. The normalized spacial score (nSPS) is 15.9. The Hall–Kier alpha value is -5.99. The Morgan fingerprint density at radius 2 is 1.11 bits per heavy atom. The van der Waals surface area contributed by atoms with Crippen LogP contribution >= 0.6 is 0 Å². The van der Waals surface area contributed by atoms with E-state index in [9.17, 15) is 0 Å². The summed E-state index contributed by atoms with van der Waals surface area (Å²) in [5.74, 6) is 0. The average Bonchev–Trinajstić information content (AvgIpc) is 3.76. The number of nitrogens with zero attached hydrogens (tertiary/aromatic N) is 1. The van der Waals surface area contributed by atoms with Crippen LogP contribution in [0, 0.1) is 0 Å². The number of aromatic nitrogens is 1. The van der Waals surface area contributed by atoms with Crippen molar-refractivity contribution >= 4 is 43.6 Å². The van der Waals surface area contributed by atoms with E-state index in [1.54, 1.807) is 0 Å². The van der Waals surface area contributed by atoms with Crippen LogP contribution in [0.5, 0.6) is 0 Å². The fraction of sp³-hybridized carbons (Fsp3) is 0.0227. The predicted molar refractivity (Wildman–Crippen MR) is 188 cm³/mol. The number of furan rings is 1. The molecule has 0 aliphatic heterocycles. The molecule has 2 nitrogen and oxygen atoms in total. The highest BCUT2D eigenvalue weighted by molar-refractivity contribution is 6.22. The van der Waals surface area contributed by atoms with Gasteiger partial charge in [-0.25, -0.2) is 4.98 Å². The smallest absolute Gasteiger partial charge is 0.227 e. The first kappa shape index (κ1) is 24.3. The summed E-state index contributed by atoms with van der Waals surface area (Å²) in [6.45, 7) is 0. The van der Waals surface area contributed by atoms with Crippen molar-refractivity contribution in [2.75, 3.05) is 0 Å². The van der Waals surface area contributed by atoms with Crippen LogP contribution in [-0.4, -0.2) is 4.98 Å². The van der Waals surface area contributed by atoms with Crippen LogP contribution in [0.4, 0.5) is 0 Å². The largest absolute Gasteiger partial charge is 0.437 e. The summed E-state index contributed by atoms with van der Waals surface area (Å²) in [6.07, 6.45) is 1.83. The highest BCUT2D eigenvalue weighted by Gasteiger charge is 2.53. The molecule has 9 aromatic rings. The fourth-order valence-electron chi connectivity index (χ4n) is 8.80. The lowest BCUT2D eigenvalue weighted by atomic mass is 9.69. The zero-order valence-electron chi connectivity index (χ0n) is 24.8. The van der Waals surface area contributed by atoms with Crippen LogP contribution < -0.4 is 0 Å². The Balaban J connectivity index is 1.44. The molecule has 0 saturated heterocycles. The van der Waals surface area contributed by atoms with Gasteiger partial charge in [-0.1, -0.05) is 127 Å². The first-order valence-corrected chi connectivity index (χ1v) is 15.9. The van der Waals surface area contributed by atoms with E-state index in [0.717, 1.165) is 27.5 Å². The van der Waals surface area contributed by atoms with Crippen LogP contribution in [0.15, 0.2) is 156 Å². The molecule has 11 rings (SSSR count). The van der Waals surface area contributed by atoms with Gasteiger partial charge in [0.1, 0.15) is 5.58 Å². The molecule has 2 aliphatic carbocycles. The lowest BCUT2D eigenvalue weighted by molar-refractivity contribution is 0.655. The van der Waals surface area contributed by atoms with Gasteiger partial charge in [-0.3, -0.25) is 0 Å². The van der Waals surface area contributed by atoms with E-state index in [4.69, 9.17) is 9.40 Å². The summed E-state index contributed by atoms with van der Waals surface area (Å²) in [7, 11) is 0. The molecule has 2 aliphatic rings. The number of benzene rings is 7. The molecule has 212 valence electrons. The van der Waals surface area contributed by atoms with E-state index in [-0.39, 0.29) is 0 Å². The summed E-state index contributed by atoms with van der Waals surface area (Å²) in [4.78, 5) is 4.73. The van der Waals surface area contributed by atoms with E-state index in [1.165, 1.54) is 66.1 Å². The van der Waals surface area contributed by atoms with Crippen LogP contribution in [0.1, 0.15) is 22.3 Å². The number of fused-ring (bicyclic) bond motifs is 18. The molecule has 2 heterocycles. The molecular weight excluding hydrogens is 558 g/mol. The standard InChI is InChI=1S/C44H25NO/c1-2-11-26(12-3-1)33-25-37-41(40-32-18-10-24-45-43(32)46-42(33)40)39-30-16-7-5-14-28(30)21-23-36(39)44(37)34-19-9-8-17-31(34)38-29-15-6-4-13-27(29)20-22-35(38)44/h1-25H. The fourth-order valence-corrected chi connectivity index (χ4v) is 8.80. The molecule has 1 spiro atoms. The van der Waals surface area contributed by atoms with Crippen molar-refractivity contribution < 1.29 is 4.42 Å². The zero-order valence-corrected chi connectivity index (χ0v) is 24.8. The Morgan fingerprint density at radius 1 is 0.457 bits per heavy atom. The minimum atomic E-state index is -0.506. The Kier molecular flexibility index (Phi) is 4.55. The molecule has 0 N–H and O–H groups in total.